The molecule has 0 radical (unpaired) electrons. The van der Waals surface area contributed by atoms with E-state index in [1.54, 1.807) is 0 Å². The molecule has 8 atom stereocenters. The van der Waals surface area contributed by atoms with Gasteiger partial charge in [0.15, 0.2) is 0 Å². The van der Waals surface area contributed by atoms with Crippen LogP contribution in [0.25, 0.3) is 0 Å². The number of rotatable bonds is 1. The Morgan fingerprint density at radius 1 is 1.13 bits per heavy atom. The van der Waals surface area contributed by atoms with Crippen molar-refractivity contribution >= 4 is 21.7 Å². The van der Waals surface area contributed by atoms with Crippen LogP contribution in [0.15, 0.2) is 0 Å². The van der Waals surface area contributed by atoms with Crippen molar-refractivity contribution in [1.29, 1.82) is 0 Å². The van der Waals surface area contributed by atoms with Crippen molar-refractivity contribution in [3.05, 3.63) is 0 Å². The number of aliphatic hydroxyl groups excluding tert-OH is 2. The predicted molar refractivity (Wildman–Crippen MR) is 92.3 cm³/mol. The molecular weight excluding hydrogens is 356 g/mol. The Morgan fingerprint density at radius 3 is 2.65 bits per heavy atom. The fraction of sp³-hybridized carbons (Fsp3) is 0.947. The molecule has 130 valence electrons. The van der Waals surface area contributed by atoms with E-state index < -0.39 is 0 Å². The molecule has 0 bridgehead atoms. The van der Waals surface area contributed by atoms with Gasteiger partial charge in [-0.2, -0.15) is 0 Å². The van der Waals surface area contributed by atoms with E-state index in [0.717, 1.165) is 50.3 Å². The maximum Gasteiger partial charge on any atom is 0.140 e. The van der Waals surface area contributed by atoms with Crippen molar-refractivity contribution in [1.82, 2.24) is 0 Å². The smallest absolute Gasteiger partial charge is 0.140 e. The third-order valence-electron chi connectivity index (χ3n) is 8.34. The summed E-state index contributed by atoms with van der Waals surface area (Å²) in [4.78, 5) is 12.6. The summed E-state index contributed by atoms with van der Waals surface area (Å²) in [6.07, 6.45) is 6.89. The van der Waals surface area contributed by atoms with E-state index in [0.29, 0.717) is 30.0 Å². The molecule has 0 aromatic rings. The first-order valence-corrected chi connectivity index (χ1v) is 10.5. The maximum atomic E-state index is 12.6. The van der Waals surface area contributed by atoms with E-state index >= 15 is 0 Å². The Morgan fingerprint density at radius 2 is 1.91 bits per heavy atom. The summed E-state index contributed by atoms with van der Waals surface area (Å²) in [5, 5.41) is 21.8. The zero-order chi connectivity index (χ0) is 16.4. The highest BCUT2D eigenvalue weighted by atomic mass is 79.9. The molecule has 0 saturated heterocycles. The molecule has 3 nitrogen and oxygen atoms in total. The molecule has 4 saturated carbocycles. The van der Waals surface area contributed by atoms with Gasteiger partial charge in [0.25, 0.3) is 0 Å². The Kier molecular flexibility index (Phi) is 3.98. The van der Waals surface area contributed by atoms with Crippen LogP contribution in [0.5, 0.6) is 0 Å². The van der Waals surface area contributed by atoms with E-state index in [-0.39, 0.29) is 29.0 Å². The van der Waals surface area contributed by atoms with Gasteiger partial charge in [0, 0.05) is 17.2 Å². The van der Waals surface area contributed by atoms with Crippen molar-refractivity contribution in [2.24, 2.45) is 34.5 Å². The quantitative estimate of drug-likeness (QED) is 0.681. The van der Waals surface area contributed by atoms with Gasteiger partial charge in [-0.25, -0.2) is 0 Å². The molecule has 23 heavy (non-hydrogen) atoms. The fourth-order valence-electron chi connectivity index (χ4n) is 7.04. The molecule has 0 spiro atoms. The summed E-state index contributed by atoms with van der Waals surface area (Å²) in [7, 11) is 0. The molecule has 4 fully saturated rings. The molecule has 0 aromatic carbocycles. The molecule has 4 aliphatic carbocycles. The zero-order valence-corrected chi connectivity index (χ0v) is 15.6. The van der Waals surface area contributed by atoms with Crippen molar-refractivity contribution in [3.63, 3.8) is 0 Å². The molecule has 4 rings (SSSR count). The number of aliphatic hydroxyl groups is 2. The molecule has 4 heteroatoms. The summed E-state index contributed by atoms with van der Waals surface area (Å²) >= 11 is 3.64. The van der Waals surface area contributed by atoms with Crippen molar-refractivity contribution in [2.45, 2.75) is 70.5 Å². The third kappa shape index (κ3) is 2.17. The Balaban J connectivity index is 1.69. The first-order chi connectivity index (χ1) is 10.9. The average Bonchev–Trinajstić information content (AvgIpc) is 2.87. The van der Waals surface area contributed by atoms with Gasteiger partial charge < -0.3 is 10.2 Å². The molecule has 0 unspecified atom stereocenters. The van der Waals surface area contributed by atoms with Crippen LogP contribution in [0, 0.1) is 34.5 Å². The summed E-state index contributed by atoms with van der Waals surface area (Å²) in [5.41, 5.74) is 0.0345. The minimum absolute atomic E-state index is 0.185. The summed E-state index contributed by atoms with van der Waals surface area (Å²) in [6.45, 7) is 2.41. The highest BCUT2D eigenvalue weighted by Gasteiger charge is 2.63. The van der Waals surface area contributed by atoms with Crippen LogP contribution in [0.4, 0.5) is 0 Å². The average molecular weight is 385 g/mol. The van der Waals surface area contributed by atoms with Crippen molar-refractivity contribution in [2.75, 3.05) is 5.33 Å². The van der Waals surface area contributed by atoms with Crippen LogP contribution < -0.4 is 0 Å². The van der Waals surface area contributed by atoms with Gasteiger partial charge in [-0.3, -0.25) is 4.79 Å². The number of carbonyl (C=O) groups is 1. The third-order valence-corrected chi connectivity index (χ3v) is 9.34. The molecular formula is C19H29BrO3. The molecule has 0 aromatic heterocycles. The lowest BCUT2D eigenvalue weighted by molar-refractivity contribution is -0.170. The first-order valence-electron chi connectivity index (χ1n) is 9.38. The molecule has 2 N–H and O–H groups in total. The molecule has 0 amide bonds. The Hall–Kier alpha value is 0.0700. The monoisotopic (exact) mass is 384 g/mol. The van der Waals surface area contributed by atoms with Crippen LogP contribution in [-0.2, 0) is 4.79 Å². The van der Waals surface area contributed by atoms with Crippen LogP contribution >= 0.6 is 15.9 Å². The lowest BCUT2D eigenvalue weighted by Gasteiger charge is -2.61. The second-order valence-corrected chi connectivity index (χ2v) is 9.58. The van der Waals surface area contributed by atoms with Crippen LogP contribution in [0.2, 0.25) is 0 Å². The Bertz CT molecular complexity index is 509. The zero-order valence-electron chi connectivity index (χ0n) is 14.0. The second-order valence-electron chi connectivity index (χ2n) is 9.01. The number of hydrogen-bond donors (Lipinski definition) is 2. The van der Waals surface area contributed by atoms with E-state index in [2.05, 4.69) is 22.9 Å². The SMILES string of the molecule is C[C@]12CC[C@H](O)C[C@@H]1C[C@@H](O)[C@H]1[C@@H]3CCC(=O)[C@@]3(CBr)CC[C@@H]12. The fourth-order valence-corrected chi connectivity index (χ4v) is 8.04. The van der Waals surface area contributed by atoms with Crippen LogP contribution in [0.3, 0.4) is 0 Å². The highest BCUT2D eigenvalue weighted by Crippen LogP contribution is 2.65. The highest BCUT2D eigenvalue weighted by molar-refractivity contribution is 9.09. The van der Waals surface area contributed by atoms with E-state index in [4.69, 9.17) is 0 Å². The lowest BCUT2D eigenvalue weighted by atomic mass is 9.44. The second kappa shape index (κ2) is 5.54. The normalized spacial score (nSPS) is 55.9. The first kappa shape index (κ1) is 16.5. The molecule has 0 aliphatic heterocycles. The van der Waals surface area contributed by atoms with Crippen LogP contribution in [-0.4, -0.2) is 33.5 Å². The summed E-state index contributed by atoms with van der Waals surface area (Å²) < 4.78 is 0. The van der Waals surface area contributed by atoms with Gasteiger partial charge in [-0.1, -0.05) is 22.9 Å². The largest absolute Gasteiger partial charge is 0.393 e. The number of halogens is 1. The number of fused-ring (bicyclic) bond motifs is 5. The van der Waals surface area contributed by atoms with Gasteiger partial charge in [0.05, 0.1) is 12.2 Å². The minimum atomic E-state index is -0.294. The van der Waals surface area contributed by atoms with Gasteiger partial charge >= 0.3 is 0 Å². The van der Waals surface area contributed by atoms with Crippen molar-refractivity contribution in [3.8, 4) is 0 Å². The molecule has 0 heterocycles. The predicted octanol–water partition coefficient (Wildman–Crippen LogP) is 3.30. The number of hydrogen-bond acceptors (Lipinski definition) is 3. The van der Waals surface area contributed by atoms with Gasteiger partial charge in [0.2, 0.25) is 0 Å². The van der Waals surface area contributed by atoms with Crippen LogP contribution in [0.1, 0.15) is 58.3 Å². The Labute approximate surface area is 147 Å². The summed E-state index contributed by atoms with van der Waals surface area (Å²) in [6, 6.07) is 0. The van der Waals surface area contributed by atoms with Gasteiger partial charge in [0.1, 0.15) is 5.78 Å². The van der Waals surface area contributed by atoms with Gasteiger partial charge in [-0.15, -0.1) is 0 Å². The van der Waals surface area contributed by atoms with E-state index in [1.807, 2.05) is 0 Å². The number of carbonyl (C=O) groups excluding carboxylic acids is 1. The van der Waals surface area contributed by atoms with Crippen molar-refractivity contribution < 1.29 is 15.0 Å². The topological polar surface area (TPSA) is 57.5 Å². The van der Waals surface area contributed by atoms with E-state index in [1.165, 1.54) is 0 Å². The minimum Gasteiger partial charge on any atom is -0.393 e. The summed E-state index contributed by atoms with van der Waals surface area (Å²) in [5.74, 6) is 2.02. The maximum absolute atomic E-state index is 12.6. The lowest BCUT2D eigenvalue weighted by Crippen LogP contribution is -2.59. The van der Waals surface area contributed by atoms with Gasteiger partial charge in [-0.05, 0) is 74.0 Å². The molecule has 4 aliphatic rings. The number of Topliss-reactive ketones (excluding diaryl/α,β-unsaturated/α-hetero) is 1. The standard InChI is InChI=1S/C19H29BrO3/c1-18-6-4-12(21)8-11(18)9-15(22)17-13(18)5-7-19(10-20)14(17)2-3-16(19)23/h11-15,17,21-22H,2-10H2,1H3/t11-,12+,13+,14+,15-,17-,18+,19-/m1/s1. The van der Waals surface area contributed by atoms with E-state index in [9.17, 15) is 15.0 Å². The number of alkyl halides is 1. The number of ketones is 1.